The van der Waals surface area contributed by atoms with Crippen LogP contribution in [0.25, 0.3) is 28.1 Å². The van der Waals surface area contributed by atoms with E-state index in [4.69, 9.17) is 9.41 Å². The van der Waals surface area contributed by atoms with Crippen molar-refractivity contribution < 1.29 is 4.42 Å². The highest BCUT2D eigenvalue weighted by molar-refractivity contribution is 7.07. The molecular formula is C27H28N4O2S. The average molecular weight is 473 g/mol. The van der Waals surface area contributed by atoms with Crippen LogP contribution < -0.4 is 10.4 Å². The second-order valence-corrected chi connectivity index (χ2v) is 9.42. The van der Waals surface area contributed by atoms with Crippen molar-refractivity contribution in [3.63, 3.8) is 0 Å². The highest BCUT2D eigenvalue weighted by Crippen LogP contribution is 2.31. The van der Waals surface area contributed by atoms with Crippen molar-refractivity contribution in [3.05, 3.63) is 86.9 Å². The fourth-order valence-corrected chi connectivity index (χ4v) is 5.42. The number of furan rings is 1. The van der Waals surface area contributed by atoms with Crippen LogP contribution in [-0.2, 0) is 7.05 Å². The lowest BCUT2D eigenvalue weighted by molar-refractivity contribution is 0.488. The van der Waals surface area contributed by atoms with E-state index in [1.54, 1.807) is 4.68 Å². The van der Waals surface area contributed by atoms with Crippen LogP contribution in [-0.4, -0.2) is 13.9 Å². The van der Waals surface area contributed by atoms with Crippen molar-refractivity contribution in [2.75, 3.05) is 0 Å². The Morgan fingerprint density at radius 1 is 1.09 bits per heavy atom. The molecule has 0 spiro atoms. The van der Waals surface area contributed by atoms with Gasteiger partial charge in [0.05, 0.1) is 17.1 Å². The average Bonchev–Trinajstić information content (AvgIpc) is 3.51. The third-order valence-corrected chi connectivity index (χ3v) is 7.14. The van der Waals surface area contributed by atoms with Gasteiger partial charge >= 0.3 is 0 Å². The minimum absolute atomic E-state index is 0.125. The van der Waals surface area contributed by atoms with Crippen molar-refractivity contribution in [2.45, 2.75) is 39.7 Å². The molecule has 0 bridgehead atoms. The van der Waals surface area contributed by atoms with Crippen LogP contribution in [0.1, 0.15) is 38.4 Å². The third-order valence-electron chi connectivity index (χ3n) is 6.30. The molecular weight excluding hydrogens is 444 g/mol. The maximum absolute atomic E-state index is 13.4. The fraction of sp³-hybridized carbons (Fsp3) is 0.259. The number of thiazole rings is 1. The summed E-state index contributed by atoms with van der Waals surface area (Å²) in [6, 6.07) is 20.0. The van der Waals surface area contributed by atoms with Gasteiger partial charge in [-0.05, 0) is 44.5 Å². The summed E-state index contributed by atoms with van der Waals surface area (Å²) in [5.74, 6) is 0.813. The Kier molecular flexibility index (Phi) is 5.87. The number of para-hydroxylation sites is 2. The first-order chi connectivity index (χ1) is 16.5. The maximum atomic E-state index is 13.4. The van der Waals surface area contributed by atoms with E-state index in [-0.39, 0.29) is 11.6 Å². The number of aromatic nitrogens is 3. The third kappa shape index (κ3) is 3.76. The predicted octanol–water partition coefficient (Wildman–Crippen LogP) is 6.35. The van der Waals surface area contributed by atoms with Gasteiger partial charge in [-0.25, -0.2) is 9.67 Å². The molecule has 0 aliphatic heterocycles. The summed E-state index contributed by atoms with van der Waals surface area (Å²) in [4.78, 5) is 19.2. The molecule has 1 unspecified atom stereocenters. The molecule has 0 radical (unpaired) electrons. The molecule has 2 aromatic carbocycles. The Balaban J connectivity index is 1.71. The van der Waals surface area contributed by atoms with Gasteiger partial charge in [0.15, 0.2) is 16.2 Å². The normalized spacial score (nSPS) is 13.1. The Hall–Kier alpha value is -3.58. The molecule has 1 atom stereocenters. The molecule has 174 valence electrons. The standard InChI is InChI=1S/C27H28N4O2S/c1-5-11-18(2)30-22(24-16-20-12-9-10-15-23(20)33-24)17-34-27(30)28-25-19(3)29(4)31(26(25)32)21-13-7-6-8-14-21/h6-10,12-18H,5,11H2,1-4H3. The number of fused-ring (bicyclic) bond motifs is 1. The van der Waals surface area contributed by atoms with Gasteiger partial charge in [0.2, 0.25) is 0 Å². The SMILES string of the molecule is CCCC(C)n1c(-c2cc3ccccc3o2)csc1=Nc1c(C)n(C)n(-c2ccccc2)c1=O. The van der Waals surface area contributed by atoms with E-state index in [0.29, 0.717) is 5.69 Å². The molecule has 0 amide bonds. The lowest BCUT2D eigenvalue weighted by Crippen LogP contribution is -2.21. The largest absolute Gasteiger partial charge is 0.454 e. The molecule has 3 heterocycles. The molecule has 0 aliphatic carbocycles. The first kappa shape index (κ1) is 22.2. The lowest BCUT2D eigenvalue weighted by atomic mass is 10.2. The summed E-state index contributed by atoms with van der Waals surface area (Å²) in [5, 5.41) is 3.15. The van der Waals surface area contributed by atoms with Crippen molar-refractivity contribution >= 4 is 28.0 Å². The minimum atomic E-state index is -0.125. The second-order valence-electron chi connectivity index (χ2n) is 8.58. The highest BCUT2D eigenvalue weighted by Gasteiger charge is 2.20. The van der Waals surface area contributed by atoms with E-state index in [0.717, 1.165) is 51.4 Å². The first-order valence-electron chi connectivity index (χ1n) is 11.6. The summed E-state index contributed by atoms with van der Waals surface area (Å²) >= 11 is 1.54. The van der Waals surface area contributed by atoms with Crippen molar-refractivity contribution in [2.24, 2.45) is 12.0 Å². The van der Waals surface area contributed by atoms with Crippen LogP contribution in [0, 0.1) is 6.92 Å². The Bertz CT molecular complexity index is 1550. The van der Waals surface area contributed by atoms with Crippen LogP contribution in [0.3, 0.4) is 0 Å². The molecule has 6 nitrogen and oxygen atoms in total. The molecule has 5 aromatic rings. The summed E-state index contributed by atoms with van der Waals surface area (Å²) in [5.41, 5.74) is 3.82. The molecule has 3 aromatic heterocycles. The highest BCUT2D eigenvalue weighted by atomic mass is 32.1. The van der Waals surface area contributed by atoms with Crippen LogP contribution in [0.2, 0.25) is 0 Å². The molecule has 34 heavy (non-hydrogen) atoms. The summed E-state index contributed by atoms with van der Waals surface area (Å²) in [6.45, 7) is 6.32. The quantitative estimate of drug-likeness (QED) is 0.289. The summed E-state index contributed by atoms with van der Waals surface area (Å²) < 4.78 is 11.9. The zero-order chi connectivity index (χ0) is 23.8. The monoisotopic (exact) mass is 472 g/mol. The summed E-state index contributed by atoms with van der Waals surface area (Å²) in [6.07, 6.45) is 2.05. The van der Waals surface area contributed by atoms with Crippen LogP contribution in [0.4, 0.5) is 5.69 Å². The Morgan fingerprint density at radius 2 is 1.82 bits per heavy atom. The molecule has 0 saturated carbocycles. The number of benzene rings is 2. The van der Waals surface area contributed by atoms with Gasteiger partial charge in [-0.15, -0.1) is 11.3 Å². The zero-order valence-electron chi connectivity index (χ0n) is 19.9. The molecule has 0 fully saturated rings. The zero-order valence-corrected chi connectivity index (χ0v) is 20.7. The topological polar surface area (TPSA) is 57.4 Å². The maximum Gasteiger partial charge on any atom is 0.297 e. The van der Waals surface area contributed by atoms with E-state index in [9.17, 15) is 4.79 Å². The van der Waals surface area contributed by atoms with Gasteiger partial charge in [-0.2, -0.15) is 0 Å². The van der Waals surface area contributed by atoms with Gasteiger partial charge < -0.3 is 8.98 Å². The van der Waals surface area contributed by atoms with Gasteiger partial charge in [0, 0.05) is 23.9 Å². The van der Waals surface area contributed by atoms with E-state index >= 15 is 0 Å². The molecule has 0 aliphatic rings. The number of rotatable bonds is 6. The van der Waals surface area contributed by atoms with Crippen molar-refractivity contribution in [1.29, 1.82) is 0 Å². The van der Waals surface area contributed by atoms with Crippen LogP contribution in [0.15, 0.2) is 80.2 Å². The van der Waals surface area contributed by atoms with Gasteiger partial charge in [-0.3, -0.25) is 9.48 Å². The summed E-state index contributed by atoms with van der Waals surface area (Å²) in [7, 11) is 1.89. The second kappa shape index (κ2) is 8.99. The van der Waals surface area contributed by atoms with Gasteiger partial charge in [0.1, 0.15) is 5.58 Å². The minimum Gasteiger partial charge on any atom is -0.454 e. The first-order valence-corrected chi connectivity index (χ1v) is 12.4. The van der Waals surface area contributed by atoms with Crippen LogP contribution >= 0.6 is 11.3 Å². The Morgan fingerprint density at radius 3 is 2.56 bits per heavy atom. The van der Waals surface area contributed by atoms with E-state index < -0.39 is 0 Å². The number of nitrogens with zero attached hydrogens (tertiary/aromatic N) is 4. The smallest absolute Gasteiger partial charge is 0.297 e. The number of hydrogen-bond acceptors (Lipinski definition) is 4. The van der Waals surface area contributed by atoms with E-state index in [1.165, 1.54) is 11.3 Å². The van der Waals surface area contributed by atoms with Crippen molar-refractivity contribution in [3.8, 4) is 17.1 Å². The number of hydrogen-bond donors (Lipinski definition) is 0. The van der Waals surface area contributed by atoms with Gasteiger partial charge in [0.25, 0.3) is 5.56 Å². The van der Waals surface area contributed by atoms with Crippen molar-refractivity contribution in [1.82, 2.24) is 13.9 Å². The lowest BCUT2D eigenvalue weighted by Gasteiger charge is -2.15. The Labute approximate surface area is 202 Å². The van der Waals surface area contributed by atoms with Crippen LogP contribution in [0.5, 0.6) is 0 Å². The van der Waals surface area contributed by atoms with E-state index in [1.807, 2.05) is 67.2 Å². The molecule has 0 saturated heterocycles. The predicted molar refractivity (Wildman–Crippen MR) is 138 cm³/mol. The molecule has 5 rings (SSSR count). The van der Waals surface area contributed by atoms with E-state index in [2.05, 4.69) is 35.9 Å². The molecule has 0 N–H and O–H groups in total. The fourth-order valence-electron chi connectivity index (χ4n) is 4.44. The molecule has 7 heteroatoms. The van der Waals surface area contributed by atoms with Gasteiger partial charge in [-0.1, -0.05) is 49.7 Å².